The normalized spacial score (nSPS) is 14.6. The van der Waals surface area contributed by atoms with Crippen LogP contribution in [0.5, 0.6) is 0 Å². The quantitative estimate of drug-likeness (QED) is 0.599. The fourth-order valence-corrected chi connectivity index (χ4v) is 1.38. The lowest BCUT2D eigenvalue weighted by atomic mass is 10.0. The Labute approximate surface area is 95.9 Å². The highest BCUT2D eigenvalue weighted by atomic mass is 16.4. The molecule has 0 aromatic rings. The highest BCUT2D eigenvalue weighted by Crippen LogP contribution is 2.08. The Balaban J connectivity index is 4.01. The van der Waals surface area contributed by atoms with Crippen LogP contribution in [0, 0.1) is 11.8 Å². The number of aliphatic hydroxyl groups excluding tert-OH is 1. The largest absolute Gasteiger partial charge is 0.481 e. The molecule has 0 saturated heterocycles. The number of carbonyl (C=O) groups is 2. The Morgan fingerprint density at radius 1 is 1.19 bits per heavy atom. The molecule has 0 radical (unpaired) electrons. The molecule has 5 nitrogen and oxygen atoms in total. The monoisotopic (exact) mass is 231 g/mol. The van der Waals surface area contributed by atoms with Gasteiger partial charge in [-0.05, 0) is 11.8 Å². The molecule has 1 unspecified atom stereocenters. The predicted molar refractivity (Wildman–Crippen MR) is 59.9 cm³/mol. The van der Waals surface area contributed by atoms with Gasteiger partial charge in [-0.2, -0.15) is 0 Å². The Bertz CT molecular complexity index is 240. The van der Waals surface area contributed by atoms with E-state index in [0.717, 1.165) is 0 Å². The van der Waals surface area contributed by atoms with Crippen LogP contribution in [0.3, 0.4) is 0 Å². The number of hydrogen-bond acceptors (Lipinski definition) is 3. The highest BCUT2D eigenvalue weighted by molar-refractivity contribution is 5.77. The zero-order chi connectivity index (χ0) is 12.7. The second-order valence-corrected chi connectivity index (χ2v) is 4.51. The van der Waals surface area contributed by atoms with Crippen LogP contribution in [0.2, 0.25) is 0 Å². The summed E-state index contributed by atoms with van der Waals surface area (Å²) in [5.74, 6) is -1.14. The van der Waals surface area contributed by atoms with Crippen LogP contribution in [0.4, 0.5) is 0 Å². The van der Waals surface area contributed by atoms with Crippen LogP contribution in [0.25, 0.3) is 0 Å². The van der Waals surface area contributed by atoms with Gasteiger partial charge in [0.05, 0.1) is 12.6 Å². The van der Waals surface area contributed by atoms with Crippen molar-refractivity contribution in [2.45, 2.75) is 39.7 Å². The highest BCUT2D eigenvalue weighted by Gasteiger charge is 2.17. The van der Waals surface area contributed by atoms with E-state index in [1.165, 1.54) is 0 Å². The number of rotatable bonds is 7. The van der Waals surface area contributed by atoms with Crippen molar-refractivity contribution in [3.05, 3.63) is 0 Å². The van der Waals surface area contributed by atoms with Crippen LogP contribution in [0.15, 0.2) is 0 Å². The molecule has 0 aliphatic rings. The lowest BCUT2D eigenvalue weighted by Crippen LogP contribution is -2.41. The molecule has 0 rings (SSSR count). The third-order valence-electron chi connectivity index (χ3n) is 2.40. The minimum Gasteiger partial charge on any atom is -0.481 e. The van der Waals surface area contributed by atoms with Gasteiger partial charge >= 0.3 is 5.97 Å². The number of nitrogens with one attached hydrogen (secondary N) is 1. The molecule has 0 aliphatic carbocycles. The Morgan fingerprint density at radius 3 is 2.12 bits per heavy atom. The van der Waals surface area contributed by atoms with Crippen LogP contribution < -0.4 is 5.32 Å². The second-order valence-electron chi connectivity index (χ2n) is 4.51. The van der Waals surface area contributed by atoms with E-state index < -0.39 is 5.97 Å². The average Bonchev–Trinajstić information content (AvgIpc) is 2.11. The van der Waals surface area contributed by atoms with E-state index in [1.54, 1.807) is 6.92 Å². The van der Waals surface area contributed by atoms with Gasteiger partial charge in [0.1, 0.15) is 0 Å². The summed E-state index contributed by atoms with van der Waals surface area (Å²) < 4.78 is 0. The first-order valence-electron chi connectivity index (χ1n) is 5.48. The summed E-state index contributed by atoms with van der Waals surface area (Å²) in [5, 5.41) is 20.2. The molecule has 2 atom stereocenters. The van der Waals surface area contributed by atoms with Crippen molar-refractivity contribution in [2.75, 3.05) is 6.61 Å². The molecular weight excluding hydrogens is 210 g/mol. The zero-order valence-electron chi connectivity index (χ0n) is 10.1. The number of amides is 1. The molecule has 0 saturated carbocycles. The lowest BCUT2D eigenvalue weighted by Gasteiger charge is -2.20. The molecule has 0 heterocycles. The van der Waals surface area contributed by atoms with Crippen LogP contribution in [0.1, 0.15) is 33.6 Å². The van der Waals surface area contributed by atoms with Gasteiger partial charge in [-0.25, -0.2) is 0 Å². The van der Waals surface area contributed by atoms with E-state index >= 15 is 0 Å². The molecule has 0 fully saturated rings. The van der Waals surface area contributed by atoms with Gasteiger partial charge in [0.15, 0.2) is 0 Å². The number of aliphatic carboxylic acids is 1. The van der Waals surface area contributed by atoms with Crippen LogP contribution in [-0.2, 0) is 9.59 Å². The smallest absolute Gasteiger partial charge is 0.303 e. The Kier molecular flexibility index (Phi) is 6.72. The summed E-state index contributed by atoms with van der Waals surface area (Å²) in [4.78, 5) is 21.9. The third kappa shape index (κ3) is 6.40. The summed E-state index contributed by atoms with van der Waals surface area (Å²) >= 11 is 0. The summed E-state index contributed by atoms with van der Waals surface area (Å²) in [6.07, 6.45) is 0.161. The number of carboxylic acids is 1. The molecule has 0 aromatic carbocycles. The maximum atomic E-state index is 11.5. The van der Waals surface area contributed by atoms with Crippen molar-refractivity contribution in [1.29, 1.82) is 0 Å². The van der Waals surface area contributed by atoms with E-state index in [2.05, 4.69) is 5.32 Å². The van der Waals surface area contributed by atoms with E-state index in [1.807, 2.05) is 13.8 Å². The zero-order valence-corrected chi connectivity index (χ0v) is 10.1. The fourth-order valence-electron chi connectivity index (χ4n) is 1.38. The van der Waals surface area contributed by atoms with Crippen LogP contribution >= 0.6 is 0 Å². The van der Waals surface area contributed by atoms with Gasteiger partial charge in [-0.15, -0.1) is 0 Å². The molecule has 5 heteroatoms. The number of hydrogen-bond donors (Lipinski definition) is 3. The topological polar surface area (TPSA) is 86.6 Å². The Hall–Kier alpha value is -1.10. The average molecular weight is 231 g/mol. The molecule has 94 valence electrons. The molecule has 0 spiro atoms. The molecule has 1 amide bonds. The van der Waals surface area contributed by atoms with Crippen molar-refractivity contribution < 1.29 is 19.8 Å². The molecular formula is C11H21NO4. The van der Waals surface area contributed by atoms with Crippen molar-refractivity contribution in [3.63, 3.8) is 0 Å². The Morgan fingerprint density at radius 2 is 1.75 bits per heavy atom. The van der Waals surface area contributed by atoms with Crippen LogP contribution in [-0.4, -0.2) is 34.7 Å². The fraction of sp³-hybridized carbons (Fsp3) is 0.818. The van der Waals surface area contributed by atoms with Gasteiger partial charge in [0.2, 0.25) is 5.91 Å². The van der Waals surface area contributed by atoms with Gasteiger partial charge in [-0.3, -0.25) is 9.59 Å². The molecule has 0 bridgehead atoms. The van der Waals surface area contributed by atoms with Gasteiger partial charge in [-0.1, -0.05) is 20.8 Å². The van der Waals surface area contributed by atoms with Gasteiger partial charge in [0.25, 0.3) is 0 Å². The first-order valence-corrected chi connectivity index (χ1v) is 5.48. The predicted octanol–water partition coefficient (Wildman–Crippen LogP) is 0.620. The first-order chi connectivity index (χ1) is 7.36. The summed E-state index contributed by atoms with van der Waals surface area (Å²) in [6, 6.07) is -0.260. The maximum Gasteiger partial charge on any atom is 0.303 e. The van der Waals surface area contributed by atoms with Crippen molar-refractivity contribution in [1.82, 2.24) is 5.32 Å². The van der Waals surface area contributed by atoms with Crippen molar-refractivity contribution >= 4 is 11.9 Å². The van der Waals surface area contributed by atoms with E-state index in [0.29, 0.717) is 0 Å². The number of carbonyl (C=O) groups excluding carboxylic acids is 1. The molecule has 0 aliphatic heterocycles. The van der Waals surface area contributed by atoms with Gasteiger partial charge < -0.3 is 15.5 Å². The number of aliphatic hydroxyl groups is 1. The van der Waals surface area contributed by atoms with Gasteiger partial charge in [0, 0.05) is 12.8 Å². The summed E-state index contributed by atoms with van der Waals surface area (Å²) in [6.45, 7) is 5.43. The standard InChI is InChI=1S/C11H21NO4/c1-7(2)9(6-13)12-10(14)4-8(3)5-11(15)16/h7-9,13H,4-6H2,1-3H3,(H,12,14)(H,15,16)/t8?,9-/m1/s1. The summed E-state index contributed by atoms with van der Waals surface area (Å²) in [5.41, 5.74) is 0. The van der Waals surface area contributed by atoms with E-state index in [9.17, 15) is 9.59 Å². The van der Waals surface area contributed by atoms with E-state index in [-0.39, 0.29) is 43.2 Å². The van der Waals surface area contributed by atoms with Crippen molar-refractivity contribution in [3.8, 4) is 0 Å². The SMILES string of the molecule is CC(CC(=O)O)CC(=O)N[C@H](CO)C(C)C. The molecule has 0 aromatic heterocycles. The number of carboxylic acid groups (broad SMARTS) is 1. The maximum absolute atomic E-state index is 11.5. The van der Waals surface area contributed by atoms with Crippen molar-refractivity contribution in [2.24, 2.45) is 11.8 Å². The summed E-state index contributed by atoms with van der Waals surface area (Å²) in [7, 11) is 0. The third-order valence-corrected chi connectivity index (χ3v) is 2.40. The lowest BCUT2D eigenvalue weighted by molar-refractivity contribution is -0.138. The first kappa shape index (κ1) is 14.9. The van der Waals surface area contributed by atoms with E-state index in [4.69, 9.17) is 10.2 Å². The molecule has 3 N–H and O–H groups in total. The molecule has 16 heavy (non-hydrogen) atoms. The minimum atomic E-state index is -0.900. The second kappa shape index (κ2) is 7.22. The minimum absolute atomic E-state index is 0.0150.